The molecule has 0 heterocycles. The number of nitrogens with zero attached hydrogens (tertiary/aromatic N) is 2. The fourth-order valence-corrected chi connectivity index (χ4v) is 0.114. The number of hydrogen-bond acceptors (Lipinski definition) is 5. The van der Waals surface area contributed by atoms with E-state index in [-0.39, 0.29) is 0 Å². The molecule has 1 N–H and O–H groups in total. The third-order valence-corrected chi connectivity index (χ3v) is 0.307. The van der Waals surface area contributed by atoms with Gasteiger partial charge in [-0.2, -0.15) is 10.5 Å². The minimum Gasteiger partial charge on any atom is -0.431 e. The Morgan fingerprint density at radius 1 is 1.25 bits per heavy atom. The SMILES string of the molecule is N#COB(O)OC#N. The lowest BCUT2D eigenvalue weighted by atomic mass is 10.3. The minimum atomic E-state index is -1.76. The van der Waals surface area contributed by atoms with E-state index in [4.69, 9.17) is 15.5 Å². The molecule has 0 rings (SSSR count). The Morgan fingerprint density at radius 3 is 1.88 bits per heavy atom. The average Bonchev–Trinajstić information content (AvgIpc) is 1.68. The van der Waals surface area contributed by atoms with Crippen molar-refractivity contribution in [2.75, 3.05) is 0 Å². The molecule has 0 saturated heterocycles. The summed E-state index contributed by atoms with van der Waals surface area (Å²) in [4.78, 5) is 0. The summed E-state index contributed by atoms with van der Waals surface area (Å²) in [5, 5.41) is 23.4. The van der Waals surface area contributed by atoms with Crippen LogP contribution in [0.15, 0.2) is 0 Å². The summed E-state index contributed by atoms with van der Waals surface area (Å²) in [6, 6.07) is 0. The van der Waals surface area contributed by atoms with Crippen molar-refractivity contribution >= 4 is 7.32 Å². The van der Waals surface area contributed by atoms with E-state index in [0.29, 0.717) is 0 Å². The van der Waals surface area contributed by atoms with Crippen molar-refractivity contribution in [2.45, 2.75) is 0 Å². The molecule has 0 radical (unpaired) electrons. The van der Waals surface area contributed by atoms with E-state index in [2.05, 4.69) is 9.31 Å². The zero-order chi connectivity index (χ0) is 6.41. The smallest absolute Gasteiger partial charge is 0.431 e. The monoisotopic (exact) mass is 112 g/mol. The summed E-state index contributed by atoms with van der Waals surface area (Å²) in [5.74, 6) is 0. The van der Waals surface area contributed by atoms with Crippen molar-refractivity contribution in [3.05, 3.63) is 0 Å². The lowest BCUT2D eigenvalue weighted by Crippen LogP contribution is -2.16. The Bertz CT molecular complexity index is 119. The maximum atomic E-state index is 8.16. The second-order valence-corrected chi connectivity index (χ2v) is 0.725. The maximum Gasteiger partial charge on any atom is 0.805 e. The molecule has 0 aliphatic rings. The topological polar surface area (TPSA) is 86.3 Å². The molecule has 0 aromatic heterocycles. The van der Waals surface area contributed by atoms with Crippen molar-refractivity contribution in [2.24, 2.45) is 0 Å². The Hall–Kier alpha value is -1.40. The van der Waals surface area contributed by atoms with Crippen molar-refractivity contribution in [3.8, 4) is 12.5 Å². The highest BCUT2D eigenvalue weighted by Gasteiger charge is 2.18. The third kappa shape index (κ3) is 2.82. The van der Waals surface area contributed by atoms with Crippen LogP contribution in [0.2, 0.25) is 0 Å². The quantitative estimate of drug-likeness (QED) is 0.364. The van der Waals surface area contributed by atoms with Crippen LogP contribution < -0.4 is 0 Å². The Kier molecular flexibility index (Phi) is 3.12. The van der Waals surface area contributed by atoms with E-state index in [1.807, 2.05) is 0 Å². The predicted octanol–water partition coefficient (Wildman–Crippen LogP) is -1.04. The summed E-state index contributed by atoms with van der Waals surface area (Å²) >= 11 is 0. The molecule has 6 heteroatoms. The van der Waals surface area contributed by atoms with Gasteiger partial charge in [0, 0.05) is 0 Å². The zero-order valence-corrected chi connectivity index (χ0v) is 3.74. The minimum absolute atomic E-state index is 1.13. The first-order valence-corrected chi connectivity index (χ1v) is 1.59. The second-order valence-electron chi connectivity index (χ2n) is 0.725. The van der Waals surface area contributed by atoms with Gasteiger partial charge in [0.05, 0.1) is 0 Å². The van der Waals surface area contributed by atoms with Crippen LogP contribution in [0.25, 0.3) is 0 Å². The molecule has 0 spiro atoms. The molecule has 0 aromatic carbocycles. The van der Waals surface area contributed by atoms with Gasteiger partial charge in [-0.25, -0.2) is 0 Å². The van der Waals surface area contributed by atoms with Crippen molar-refractivity contribution in [3.63, 3.8) is 0 Å². The van der Waals surface area contributed by atoms with Gasteiger partial charge in [0.25, 0.3) is 12.5 Å². The molecular formula is C2HBN2O3. The van der Waals surface area contributed by atoms with E-state index in [1.54, 1.807) is 0 Å². The second kappa shape index (κ2) is 3.78. The summed E-state index contributed by atoms with van der Waals surface area (Å²) in [5.41, 5.74) is 0. The molecule has 8 heavy (non-hydrogen) atoms. The molecule has 0 atom stereocenters. The third-order valence-electron chi connectivity index (χ3n) is 0.307. The molecule has 0 aromatic rings. The van der Waals surface area contributed by atoms with Gasteiger partial charge in [-0.3, -0.25) is 0 Å². The van der Waals surface area contributed by atoms with Crippen molar-refractivity contribution in [1.29, 1.82) is 10.5 Å². The van der Waals surface area contributed by atoms with E-state index in [9.17, 15) is 0 Å². The molecule has 5 nitrogen and oxygen atoms in total. The zero-order valence-electron chi connectivity index (χ0n) is 3.74. The fraction of sp³-hybridized carbons (Fsp3) is 0. The van der Waals surface area contributed by atoms with Crippen LogP contribution in [0.3, 0.4) is 0 Å². The average molecular weight is 112 g/mol. The number of rotatable bonds is 2. The molecule has 0 bridgehead atoms. The first kappa shape index (κ1) is 6.60. The molecule has 0 fully saturated rings. The van der Waals surface area contributed by atoms with Crippen molar-refractivity contribution < 1.29 is 14.3 Å². The lowest BCUT2D eigenvalue weighted by Gasteiger charge is -1.90. The molecule has 0 unspecified atom stereocenters. The predicted molar refractivity (Wildman–Crippen MR) is 21.4 cm³/mol. The highest BCUT2D eigenvalue weighted by Crippen LogP contribution is 1.77. The van der Waals surface area contributed by atoms with Gasteiger partial charge in [-0.1, -0.05) is 0 Å². The van der Waals surface area contributed by atoms with Gasteiger partial charge in [0.1, 0.15) is 0 Å². The van der Waals surface area contributed by atoms with Crippen LogP contribution in [0.5, 0.6) is 0 Å². The van der Waals surface area contributed by atoms with Crippen LogP contribution in [0.1, 0.15) is 0 Å². The van der Waals surface area contributed by atoms with Gasteiger partial charge in [0.2, 0.25) is 0 Å². The van der Waals surface area contributed by atoms with Crippen LogP contribution in [-0.4, -0.2) is 12.3 Å². The lowest BCUT2D eigenvalue weighted by molar-refractivity contribution is 0.258. The standard InChI is InChI=1S/C2HBN2O3/c4-1-7-3(6)8-2-5/h6H. The number of nitriles is 2. The first-order chi connectivity index (χ1) is 3.81. The molecule has 0 aliphatic heterocycles. The van der Waals surface area contributed by atoms with E-state index < -0.39 is 7.32 Å². The van der Waals surface area contributed by atoms with Crippen molar-refractivity contribution in [1.82, 2.24) is 0 Å². The molecule has 0 aliphatic carbocycles. The van der Waals surface area contributed by atoms with Crippen LogP contribution in [0.4, 0.5) is 0 Å². The van der Waals surface area contributed by atoms with Crippen LogP contribution in [0, 0.1) is 23.0 Å². The molecule has 0 amide bonds. The molecule has 0 saturated carbocycles. The number of hydrogen-bond donors (Lipinski definition) is 1. The van der Waals surface area contributed by atoms with Gasteiger partial charge in [0.15, 0.2) is 0 Å². The Morgan fingerprint density at radius 2 is 1.62 bits per heavy atom. The molecule has 40 valence electrons. The van der Waals surface area contributed by atoms with E-state index in [0.717, 1.165) is 12.5 Å². The summed E-state index contributed by atoms with van der Waals surface area (Å²) in [6.07, 6.45) is 2.25. The Balaban J connectivity index is 3.25. The largest absolute Gasteiger partial charge is 0.805 e. The van der Waals surface area contributed by atoms with Crippen LogP contribution >= 0.6 is 0 Å². The highest BCUT2D eigenvalue weighted by molar-refractivity contribution is 6.35. The maximum absolute atomic E-state index is 8.16. The Labute approximate surface area is 45.8 Å². The normalized spacial score (nSPS) is 5.88. The van der Waals surface area contributed by atoms with Gasteiger partial charge >= 0.3 is 7.32 Å². The first-order valence-electron chi connectivity index (χ1n) is 1.59. The highest BCUT2D eigenvalue weighted by atomic mass is 16.7. The van der Waals surface area contributed by atoms with Gasteiger partial charge in [-0.15, -0.1) is 0 Å². The molecular weight excluding hydrogens is 111 g/mol. The van der Waals surface area contributed by atoms with Crippen LogP contribution in [-0.2, 0) is 9.31 Å². The summed E-state index contributed by atoms with van der Waals surface area (Å²) < 4.78 is 7.40. The summed E-state index contributed by atoms with van der Waals surface area (Å²) in [6.45, 7) is 0. The van der Waals surface area contributed by atoms with Gasteiger partial charge in [-0.05, 0) is 0 Å². The summed E-state index contributed by atoms with van der Waals surface area (Å²) in [7, 11) is -1.76. The van der Waals surface area contributed by atoms with E-state index in [1.165, 1.54) is 0 Å². The van der Waals surface area contributed by atoms with E-state index >= 15 is 0 Å². The van der Waals surface area contributed by atoms with Gasteiger partial charge < -0.3 is 14.3 Å². The fourth-order valence-electron chi connectivity index (χ4n) is 0.114.